The van der Waals surface area contributed by atoms with Gasteiger partial charge in [0.25, 0.3) is 0 Å². The molecule has 1 unspecified atom stereocenters. The maximum absolute atomic E-state index is 11.4. The molecule has 0 aromatic carbocycles. The normalized spacial score (nSPS) is 23.4. The van der Waals surface area contributed by atoms with Crippen molar-refractivity contribution in [3.63, 3.8) is 0 Å². The van der Waals surface area contributed by atoms with E-state index in [1.54, 1.807) is 12.4 Å². The maximum atomic E-state index is 11.4. The van der Waals surface area contributed by atoms with Crippen molar-refractivity contribution < 1.29 is 8.42 Å². The third-order valence-corrected chi connectivity index (χ3v) is 4.88. The van der Waals surface area contributed by atoms with Crippen LogP contribution in [0.3, 0.4) is 0 Å². The smallest absolute Gasteiger partial charge is 0.151 e. The van der Waals surface area contributed by atoms with Gasteiger partial charge >= 0.3 is 0 Å². The molecule has 0 radical (unpaired) electrons. The Morgan fingerprint density at radius 1 is 1.35 bits per heavy atom. The summed E-state index contributed by atoms with van der Waals surface area (Å²) < 4.78 is 22.9. The molecule has 0 amide bonds. The minimum atomic E-state index is -2.80. The standard InChI is InChI=1S/C12H18N2O2S/c15-17(16)9-1-2-12(10-17)14-8-5-11-3-6-13-7-4-11/h3-4,6-7,12,14H,1-2,5,8-10H2. The summed E-state index contributed by atoms with van der Waals surface area (Å²) in [5.74, 6) is 0.652. The summed E-state index contributed by atoms with van der Waals surface area (Å²) in [5.41, 5.74) is 1.23. The Labute approximate surface area is 102 Å². The van der Waals surface area contributed by atoms with Gasteiger partial charge in [0, 0.05) is 18.4 Å². The summed E-state index contributed by atoms with van der Waals surface area (Å²) in [5, 5.41) is 3.33. The fraction of sp³-hybridized carbons (Fsp3) is 0.583. The number of hydrogen-bond donors (Lipinski definition) is 1. The van der Waals surface area contributed by atoms with E-state index in [1.165, 1.54) is 5.56 Å². The van der Waals surface area contributed by atoms with E-state index >= 15 is 0 Å². The molecule has 17 heavy (non-hydrogen) atoms. The molecule has 1 fully saturated rings. The third-order valence-electron chi connectivity index (χ3n) is 3.06. The second kappa shape index (κ2) is 5.60. The van der Waals surface area contributed by atoms with Crippen LogP contribution in [-0.2, 0) is 16.3 Å². The van der Waals surface area contributed by atoms with Gasteiger partial charge in [0.05, 0.1) is 11.5 Å². The van der Waals surface area contributed by atoms with Gasteiger partial charge in [-0.15, -0.1) is 0 Å². The van der Waals surface area contributed by atoms with Crippen LogP contribution in [0, 0.1) is 0 Å². The lowest BCUT2D eigenvalue weighted by Crippen LogP contribution is -2.40. The van der Waals surface area contributed by atoms with E-state index in [9.17, 15) is 8.42 Å². The van der Waals surface area contributed by atoms with E-state index in [4.69, 9.17) is 0 Å². The lowest BCUT2D eigenvalue weighted by Gasteiger charge is -2.23. The van der Waals surface area contributed by atoms with Gasteiger partial charge in [-0.1, -0.05) is 0 Å². The van der Waals surface area contributed by atoms with Crippen LogP contribution in [0.2, 0.25) is 0 Å². The van der Waals surface area contributed by atoms with Crippen molar-refractivity contribution in [1.82, 2.24) is 10.3 Å². The molecule has 0 saturated carbocycles. The Balaban J connectivity index is 1.76. The van der Waals surface area contributed by atoms with Crippen LogP contribution < -0.4 is 5.32 Å². The fourth-order valence-electron chi connectivity index (χ4n) is 2.15. The van der Waals surface area contributed by atoms with Gasteiger partial charge in [-0.2, -0.15) is 0 Å². The summed E-state index contributed by atoms with van der Waals surface area (Å²) in [6.45, 7) is 0.824. The highest BCUT2D eigenvalue weighted by atomic mass is 32.2. The second-order valence-corrected chi connectivity index (χ2v) is 6.74. The Hall–Kier alpha value is -0.940. The second-order valence-electron chi connectivity index (χ2n) is 4.51. The van der Waals surface area contributed by atoms with E-state index in [-0.39, 0.29) is 6.04 Å². The van der Waals surface area contributed by atoms with Crippen LogP contribution in [0.4, 0.5) is 0 Å². The SMILES string of the molecule is O=S1(=O)CCCC(NCCc2ccncc2)C1. The van der Waals surface area contributed by atoms with E-state index < -0.39 is 9.84 Å². The minimum absolute atomic E-state index is 0.135. The lowest BCUT2D eigenvalue weighted by atomic mass is 10.1. The lowest BCUT2D eigenvalue weighted by molar-refractivity contribution is 0.483. The highest BCUT2D eigenvalue weighted by Gasteiger charge is 2.23. The number of nitrogens with zero attached hydrogens (tertiary/aromatic N) is 1. The summed E-state index contributed by atoms with van der Waals surface area (Å²) in [6.07, 6.45) is 6.23. The first-order chi connectivity index (χ1) is 8.16. The molecule has 2 heterocycles. The molecule has 1 aliphatic rings. The zero-order chi connectivity index (χ0) is 12.1. The zero-order valence-electron chi connectivity index (χ0n) is 9.80. The molecule has 1 aromatic heterocycles. The maximum Gasteiger partial charge on any atom is 0.151 e. The van der Waals surface area contributed by atoms with Gasteiger partial charge in [0.2, 0.25) is 0 Å². The fourth-order valence-corrected chi connectivity index (χ4v) is 3.82. The molecule has 0 aliphatic carbocycles. The van der Waals surface area contributed by atoms with Crippen molar-refractivity contribution in [2.75, 3.05) is 18.1 Å². The number of nitrogens with one attached hydrogen (secondary N) is 1. The number of sulfone groups is 1. The molecular weight excluding hydrogens is 236 g/mol. The molecule has 5 heteroatoms. The van der Waals surface area contributed by atoms with Crippen molar-refractivity contribution in [2.45, 2.75) is 25.3 Å². The van der Waals surface area contributed by atoms with Crippen molar-refractivity contribution in [2.24, 2.45) is 0 Å². The van der Waals surface area contributed by atoms with Crippen molar-refractivity contribution in [3.8, 4) is 0 Å². The molecular formula is C12H18N2O2S. The van der Waals surface area contributed by atoms with Crippen LogP contribution in [-0.4, -0.2) is 37.5 Å². The monoisotopic (exact) mass is 254 g/mol. The molecule has 94 valence electrons. The van der Waals surface area contributed by atoms with E-state index in [1.807, 2.05) is 12.1 Å². The minimum Gasteiger partial charge on any atom is -0.313 e. The quantitative estimate of drug-likeness (QED) is 0.863. The van der Waals surface area contributed by atoms with Gasteiger partial charge in [-0.25, -0.2) is 8.42 Å². The average molecular weight is 254 g/mol. The first kappa shape index (κ1) is 12.5. The Bertz CT molecular complexity index is 445. The summed E-state index contributed by atoms with van der Waals surface area (Å²) in [4.78, 5) is 3.96. The number of rotatable bonds is 4. The van der Waals surface area contributed by atoms with Gasteiger partial charge in [0.15, 0.2) is 9.84 Å². The largest absolute Gasteiger partial charge is 0.313 e. The predicted molar refractivity (Wildman–Crippen MR) is 67.6 cm³/mol. The van der Waals surface area contributed by atoms with Gasteiger partial charge in [-0.05, 0) is 43.5 Å². The van der Waals surface area contributed by atoms with Crippen LogP contribution in [0.25, 0.3) is 0 Å². The van der Waals surface area contributed by atoms with Crippen LogP contribution >= 0.6 is 0 Å². The molecule has 1 aromatic rings. The van der Waals surface area contributed by atoms with E-state index in [2.05, 4.69) is 10.3 Å². The summed E-state index contributed by atoms with van der Waals surface area (Å²) in [7, 11) is -2.80. The zero-order valence-corrected chi connectivity index (χ0v) is 10.6. The van der Waals surface area contributed by atoms with Crippen LogP contribution in [0.5, 0.6) is 0 Å². The van der Waals surface area contributed by atoms with Gasteiger partial charge in [-0.3, -0.25) is 4.98 Å². The molecule has 0 spiro atoms. The molecule has 1 aliphatic heterocycles. The molecule has 1 N–H and O–H groups in total. The summed E-state index contributed by atoms with van der Waals surface area (Å²) in [6, 6.07) is 4.11. The van der Waals surface area contributed by atoms with E-state index in [0.29, 0.717) is 11.5 Å². The topological polar surface area (TPSA) is 59.1 Å². The molecule has 4 nitrogen and oxygen atoms in total. The van der Waals surface area contributed by atoms with Crippen molar-refractivity contribution in [3.05, 3.63) is 30.1 Å². The van der Waals surface area contributed by atoms with Crippen LogP contribution in [0.15, 0.2) is 24.5 Å². The third kappa shape index (κ3) is 4.09. The highest BCUT2D eigenvalue weighted by molar-refractivity contribution is 7.91. The van der Waals surface area contributed by atoms with Gasteiger partial charge < -0.3 is 5.32 Å². The number of pyridine rings is 1. The number of hydrogen-bond acceptors (Lipinski definition) is 4. The van der Waals surface area contributed by atoms with Crippen molar-refractivity contribution in [1.29, 1.82) is 0 Å². The Morgan fingerprint density at radius 2 is 2.12 bits per heavy atom. The Kier molecular flexibility index (Phi) is 4.12. The molecule has 1 atom stereocenters. The van der Waals surface area contributed by atoms with Crippen LogP contribution in [0.1, 0.15) is 18.4 Å². The average Bonchev–Trinajstić information content (AvgIpc) is 2.29. The molecule has 2 rings (SSSR count). The Morgan fingerprint density at radius 3 is 2.82 bits per heavy atom. The first-order valence-electron chi connectivity index (χ1n) is 5.98. The molecule has 0 bridgehead atoms. The number of aromatic nitrogens is 1. The predicted octanol–water partition coefficient (Wildman–Crippen LogP) is 0.791. The molecule has 1 saturated heterocycles. The first-order valence-corrected chi connectivity index (χ1v) is 7.80. The summed E-state index contributed by atoms with van der Waals surface area (Å²) >= 11 is 0. The van der Waals surface area contributed by atoms with E-state index in [0.717, 1.165) is 25.8 Å². The van der Waals surface area contributed by atoms with Crippen molar-refractivity contribution >= 4 is 9.84 Å². The van der Waals surface area contributed by atoms with Gasteiger partial charge in [0.1, 0.15) is 0 Å². The highest BCUT2D eigenvalue weighted by Crippen LogP contribution is 2.11.